The fourth-order valence-electron chi connectivity index (χ4n) is 1.76. The molecular formula is C13H21N3O3. The van der Waals surface area contributed by atoms with Gasteiger partial charge in [-0.2, -0.15) is 4.98 Å². The summed E-state index contributed by atoms with van der Waals surface area (Å²) in [5.74, 6) is 1.18. The summed E-state index contributed by atoms with van der Waals surface area (Å²) in [6.07, 6.45) is 1.01. The molecule has 6 nitrogen and oxygen atoms in total. The average molecular weight is 267 g/mol. The van der Waals surface area contributed by atoms with Crippen LogP contribution in [0.2, 0.25) is 0 Å². The van der Waals surface area contributed by atoms with Crippen molar-refractivity contribution in [3.63, 3.8) is 0 Å². The first kappa shape index (κ1) is 14.0. The minimum Gasteiger partial charge on any atom is -0.478 e. The maximum absolute atomic E-state index is 5.55. The highest BCUT2D eigenvalue weighted by Crippen LogP contribution is 2.12. The molecule has 1 atom stereocenters. The molecule has 1 unspecified atom stereocenters. The third-order valence-electron chi connectivity index (χ3n) is 2.66. The van der Waals surface area contributed by atoms with E-state index >= 15 is 0 Å². The highest BCUT2D eigenvalue weighted by molar-refractivity contribution is 5.30. The molecule has 19 heavy (non-hydrogen) atoms. The fourth-order valence-corrected chi connectivity index (χ4v) is 1.76. The molecule has 0 saturated carbocycles. The number of rotatable bonds is 6. The molecule has 106 valence electrons. The zero-order chi connectivity index (χ0) is 13.5. The molecule has 1 aromatic heterocycles. The zero-order valence-corrected chi connectivity index (χ0v) is 11.5. The first-order valence-corrected chi connectivity index (χ1v) is 6.69. The van der Waals surface area contributed by atoms with Crippen LogP contribution in [0.5, 0.6) is 5.88 Å². The molecule has 0 bridgehead atoms. The number of anilines is 1. The van der Waals surface area contributed by atoms with Crippen LogP contribution in [0, 0.1) is 6.92 Å². The van der Waals surface area contributed by atoms with Gasteiger partial charge in [0, 0.05) is 18.3 Å². The number of nitrogens with zero attached hydrogens (tertiary/aromatic N) is 2. The second-order valence-corrected chi connectivity index (χ2v) is 4.47. The number of ether oxygens (including phenoxy) is 3. The van der Waals surface area contributed by atoms with E-state index in [0.29, 0.717) is 44.8 Å². The van der Waals surface area contributed by atoms with Gasteiger partial charge in [0.1, 0.15) is 0 Å². The van der Waals surface area contributed by atoms with Gasteiger partial charge in [-0.05, 0) is 13.3 Å². The van der Waals surface area contributed by atoms with Crippen LogP contribution in [0.3, 0.4) is 0 Å². The average Bonchev–Trinajstić information content (AvgIpc) is 2.43. The summed E-state index contributed by atoms with van der Waals surface area (Å²) in [4.78, 5) is 8.64. The lowest BCUT2D eigenvalue weighted by Crippen LogP contribution is -2.34. The molecule has 1 N–H and O–H groups in total. The normalized spacial score (nSPS) is 19.2. The Balaban J connectivity index is 1.89. The summed E-state index contributed by atoms with van der Waals surface area (Å²) < 4.78 is 16.4. The van der Waals surface area contributed by atoms with Gasteiger partial charge in [0.05, 0.1) is 32.5 Å². The standard InChI is InChI=1S/C13H21N3O3/c1-3-4-19-12-7-10(2)15-13(16-12)14-8-11-9-17-5-6-18-11/h7,11H,3-6,8-9H2,1-2H3,(H,14,15,16). The molecule has 0 amide bonds. The second-order valence-electron chi connectivity index (χ2n) is 4.47. The lowest BCUT2D eigenvalue weighted by atomic mass is 10.3. The number of aryl methyl sites for hydroxylation is 1. The molecular weight excluding hydrogens is 246 g/mol. The van der Waals surface area contributed by atoms with Gasteiger partial charge in [0.2, 0.25) is 11.8 Å². The summed E-state index contributed by atoms with van der Waals surface area (Å²) in [5, 5.41) is 3.16. The summed E-state index contributed by atoms with van der Waals surface area (Å²) >= 11 is 0. The van der Waals surface area contributed by atoms with Crippen molar-refractivity contribution in [3.8, 4) is 5.88 Å². The van der Waals surface area contributed by atoms with Crippen LogP contribution in [-0.4, -0.2) is 49.0 Å². The molecule has 1 aliphatic rings. The van der Waals surface area contributed by atoms with E-state index in [1.807, 2.05) is 13.0 Å². The van der Waals surface area contributed by atoms with Crippen molar-refractivity contribution >= 4 is 5.95 Å². The molecule has 1 aliphatic heterocycles. The van der Waals surface area contributed by atoms with Gasteiger partial charge in [0.15, 0.2) is 0 Å². The van der Waals surface area contributed by atoms with Crippen molar-refractivity contribution in [2.24, 2.45) is 0 Å². The van der Waals surface area contributed by atoms with Crippen LogP contribution in [0.1, 0.15) is 19.0 Å². The molecule has 1 fully saturated rings. The van der Waals surface area contributed by atoms with Crippen LogP contribution in [-0.2, 0) is 9.47 Å². The molecule has 2 heterocycles. The van der Waals surface area contributed by atoms with E-state index in [4.69, 9.17) is 14.2 Å². The topological polar surface area (TPSA) is 65.5 Å². The van der Waals surface area contributed by atoms with Crippen molar-refractivity contribution in [1.82, 2.24) is 9.97 Å². The molecule has 0 aromatic carbocycles. The van der Waals surface area contributed by atoms with Crippen LogP contribution < -0.4 is 10.1 Å². The zero-order valence-electron chi connectivity index (χ0n) is 11.5. The third kappa shape index (κ3) is 4.65. The van der Waals surface area contributed by atoms with Crippen LogP contribution in [0.15, 0.2) is 6.07 Å². The first-order chi connectivity index (χ1) is 9.28. The van der Waals surface area contributed by atoms with E-state index in [1.54, 1.807) is 0 Å². The Labute approximate surface area is 113 Å². The van der Waals surface area contributed by atoms with E-state index in [9.17, 15) is 0 Å². The lowest BCUT2D eigenvalue weighted by molar-refractivity contribution is -0.0819. The summed E-state index contributed by atoms with van der Waals surface area (Å²) in [7, 11) is 0. The molecule has 0 radical (unpaired) electrons. The van der Waals surface area contributed by atoms with Crippen molar-refractivity contribution in [3.05, 3.63) is 11.8 Å². The van der Waals surface area contributed by atoms with Crippen LogP contribution >= 0.6 is 0 Å². The number of aromatic nitrogens is 2. The fraction of sp³-hybridized carbons (Fsp3) is 0.692. The van der Waals surface area contributed by atoms with Gasteiger partial charge in [-0.1, -0.05) is 6.92 Å². The van der Waals surface area contributed by atoms with Gasteiger partial charge in [-0.15, -0.1) is 0 Å². The Hall–Kier alpha value is -1.40. The van der Waals surface area contributed by atoms with Crippen LogP contribution in [0.4, 0.5) is 5.95 Å². The van der Waals surface area contributed by atoms with Crippen molar-refractivity contribution in [1.29, 1.82) is 0 Å². The van der Waals surface area contributed by atoms with Gasteiger partial charge < -0.3 is 19.5 Å². The minimum atomic E-state index is 0.0536. The highest BCUT2D eigenvalue weighted by Gasteiger charge is 2.14. The van der Waals surface area contributed by atoms with E-state index < -0.39 is 0 Å². The maximum atomic E-state index is 5.55. The van der Waals surface area contributed by atoms with E-state index in [-0.39, 0.29) is 6.10 Å². The van der Waals surface area contributed by atoms with Crippen molar-refractivity contribution in [2.45, 2.75) is 26.4 Å². The Bertz CT molecular complexity index is 395. The van der Waals surface area contributed by atoms with Gasteiger partial charge in [-0.25, -0.2) is 4.98 Å². The summed E-state index contributed by atoms with van der Waals surface area (Å²) in [6, 6.07) is 1.83. The Morgan fingerprint density at radius 2 is 2.32 bits per heavy atom. The third-order valence-corrected chi connectivity index (χ3v) is 2.66. The van der Waals surface area contributed by atoms with Crippen LogP contribution in [0.25, 0.3) is 0 Å². The monoisotopic (exact) mass is 267 g/mol. The predicted octanol–water partition coefficient (Wildman–Crippen LogP) is 1.40. The predicted molar refractivity (Wildman–Crippen MR) is 71.6 cm³/mol. The molecule has 2 rings (SSSR count). The summed E-state index contributed by atoms with van der Waals surface area (Å²) in [5.41, 5.74) is 0.879. The van der Waals surface area contributed by atoms with Crippen molar-refractivity contribution < 1.29 is 14.2 Å². The molecule has 1 aromatic rings. The highest BCUT2D eigenvalue weighted by atomic mass is 16.6. The lowest BCUT2D eigenvalue weighted by Gasteiger charge is -2.23. The largest absolute Gasteiger partial charge is 0.478 e. The SMILES string of the molecule is CCCOc1cc(C)nc(NCC2COCCO2)n1. The summed E-state index contributed by atoms with van der Waals surface area (Å²) in [6.45, 7) is 7.21. The minimum absolute atomic E-state index is 0.0536. The Morgan fingerprint density at radius 1 is 1.42 bits per heavy atom. The number of hydrogen-bond acceptors (Lipinski definition) is 6. The Kier molecular flexibility index (Phi) is 5.35. The molecule has 0 spiro atoms. The number of hydrogen-bond donors (Lipinski definition) is 1. The van der Waals surface area contributed by atoms with E-state index in [1.165, 1.54) is 0 Å². The second kappa shape index (κ2) is 7.25. The van der Waals surface area contributed by atoms with Crippen molar-refractivity contribution in [2.75, 3.05) is 38.3 Å². The smallest absolute Gasteiger partial charge is 0.226 e. The molecule has 1 saturated heterocycles. The number of nitrogens with one attached hydrogen (secondary N) is 1. The Morgan fingerprint density at radius 3 is 3.05 bits per heavy atom. The van der Waals surface area contributed by atoms with E-state index in [0.717, 1.165) is 12.1 Å². The van der Waals surface area contributed by atoms with Gasteiger partial charge >= 0.3 is 0 Å². The first-order valence-electron chi connectivity index (χ1n) is 6.69. The maximum Gasteiger partial charge on any atom is 0.226 e. The molecule has 0 aliphatic carbocycles. The van der Waals surface area contributed by atoms with Gasteiger partial charge in [-0.3, -0.25) is 0 Å². The van der Waals surface area contributed by atoms with Gasteiger partial charge in [0.25, 0.3) is 0 Å². The quantitative estimate of drug-likeness (QED) is 0.840. The molecule has 6 heteroatoms. The van der Waals surface area contributed by atoms with E-state index in [2.05, 4.69) is 22.2 Å².